The number of benzene rings is 1. The lowest BCUT2D eigenvalue weighted by molar-refractivity contribution is 0.613. The van der Waals surface area contributed by atoms with Crippen molar-refractivity contribution < 1.29 is 0 Å². The zero-order valence-corrected chi connectivity index (χ0v) is 11.1. The van der Waals surface area contributed by atoms with Crippen molar-refractivity contribution in [1.82, 2.24) is 0 Å². The maximum absolute atomic E-state index is 3.69. The summed E-state index contributed by atoms with van der Waals surface area (Å²) in [4.78, 5) is 0.571. The summed E-state index contributed by atoms with van der Waals surface area (Å²) in [6.07, 6.45) is 1.09. The molecule has 0 nitrogen and oxygen atoms in total. The monoisotopic (exact) mass is 304 g/mol. The van der Waals surface area contributed by atoms with Crippen LogP contribution in [0.25, 0.3) is 0 Å². The van der Waals surface area contributed by atoms with E-state index in [0.29, 0.717) is 10.7 Å². The molecule has 0 heterocycles. The van der Waals surface area contributed by atoms with Gasteiger partial charge in [-0.05, 0) is 30.0 Å². The highest BCUT2D eigenvalue weighted by Gasteiger charge is 2.09. The fraction of sp³-hybridized carbons (Fsp3) is 0.455. The fourth-order valence-electron chi connectivity index (χ4n) is 1.12. The third kappa shape index (κ3) is 3.82. The fourth-order valence-corrected chi connectivity index (χ4v) is 1.95. The molecule has 72 valence electrons. The van der Waals surface area contributed by atoms with Gasteiger partial charge in [0.05, 0.1) is 0 Å². The Balaban J connectivity index is 2.64. The lowest BCUT2D eigenvalue weighted by Gasteiger charge is -2.13. The normalized spacial score (nSPS) is 13.3. The average Bonchev–Trinajstić information content (AvgIpc) is 2.04. The summed E-state index contributed by atoms with van der Waals surface area (Å²) < 4.78 is 1.16. The zero-order valence-electron chi connectivity index (χ0n) is 7.93. The van der Waals surface area contributed by atoms with Crippen molar-refractivity contribution in [3.05, 3.63) is 34.3 Å². The Bertz CT molecular complexity index is 269. The first-order valence-corrected chi connectivity index (χ1v) is 6.19. The van der Waals surface area contributed by atoms with Crippen molar-refractivity contribution in [2.75, 3.05) is 0 Å². The highest BCUT2D eigenvalue weighted by atomic mass is 79.9. The Hall–Kier alpha value is 0.180. The molecule has 1 atom stereocenters. The largest absolute Gasteiger partial charge is 0.0884 e. The first-order chi connectivity index (χ1) is 6.09. The molecular formula is C11H14Br2. The van der Waals surface area contributed by atoms with Crippen LogP contribution in [0, 0.1) is 5.92 Å². The van der Waals surface area contributed by atoms with E-state index in [1.165, 1.54) is 5.56 Å². The third-order valence-electron chi connectivity index (χ3n) is 2.04. The molecule has 1 unspecified atom stereocenters. The molecule has 0 aromatic heterocycles. The zero-order chi connectivity index (χ0) is 9.84. The summed E-state index contributed by atoms with van der Waals surface area (Å²) in [6.45, 7) is 4.47. The molecule has 0 aliphatic heterocycles. The minimum atomic E-state index is 0.571. The maximum atomic E-state index is 3.69. The molecule has 2 heteroatoms. The van der Waals surface area contributed by atoms with Crippen LogP contribution in [0.4, 0.5) is 0 Å². The van der Waals surface area contributed by atoms with Crippen LogP contribution in [0.5, 0.6) is 0 Å². The molecule has 0 bridgehead atoms. The van der Waals surface area contributed by atoms with E-state index in [2.05, 4.69) is 70.0 Å². The Kier molecular flexibility index (Phi) is 4.47. The van der Waals surface area contributed by atoms with Gasteiger partial charge in [-0.2, -0.15) is 0 Å². The first-order valence-electron chi connectivity index (χ1n) is 4.48. The van der Waals surface area contributed by atoms with Gasteiger partial charge < -0.3 is 0 Å². The van der Waals surface area contributed by atoms with Crippen molar-refractivity contribution in [2.45, 2.75) is 25.1 Å². The van der Waals surface area contributed by atoms with Crippen LogP contribution in [0.3, 0.4) is 0 Å². The molecule has 0 saturated carbocycles. The SMILES string of the molecule is CC(C)C(Br)Cc1cccc(Br)c1. The van der Waals surface area contributed by atoms with Crippen LogP contribution in [0.1, 0.15) is 19.4 Å². The van der Waals surface area contributed by atoms with Gasteiger partial charge in [-0.1, -0.05) is 57.8 Å². The van der Waals surface area contributed by atoms with Crippen LogP contribution in [0.2, 0.25) is 0 Å². The summed E-state index contributed by atoms with van der Waals surface area (Å²) in [5, 5.41) is 0. The molecular weight excluding hydrogens is 292 g/mol. The minimum absolute atomic E-state index is 0.571. The van der Waals surface area contributed by atoms with Crippen molar-refractivity contribution in [3.63, 3.8) is 0 Å². The van der Waals surface area contributed by atoms with Gasteiger partial charge in [0.1, 0.15) is 0 Å². The quantitative estimate of drug-likeness (QED) is 0.726. The predicted molar refractivity (Wildman–Crippen MR) is 65.4 cm³/mol. The topological polar surface area (TPSA) is 0 Å². The van der Waals surface area contributed by atoms with Crippen molar-refractivity contribution in [2.24, 2.45) is 5.92 Å². The number of alkyl halides is 1. The van der Waals surface area contributed by atoms with E-state index in [1.54, 1.807) is 0 Å². The summed E-state index contributed by atoms with van der Waals surface area (Å²) in [6, 6.07) is 8.49. The van der Waals surface area contributed by atoms with Crippen LogP contribution in [0.15, 0.2) is 28.7 Å². The van der Waals surface area contributed by atoms with E-state index in [-0.39, 0.29) is 0 Å². The molecule has 0 amide bonds. The number of hydrogen-bond acceptors (Lipinski definition) is 0. The smallest absolute Gasteiger partial charge is 0.0209 e. The second-order valence-corrected chi connectivity index (χ2v) is 5.69. The molecule has 1 rings (SSSR count). The first kappa shape index (κ1) is 11.3. The second kappa shape index (κ2) is 5.16. The van der Waals surface area contributed by atoms with Gasteiger partial charge in [0.15, 0.2) is 0 Å². The molecule has 0 radical (unpaired) electrons. The molecule has 0 fully saturated rings. The van der Waals surface area contributed by atoms with E-state index in [9.17, 15) is 0 Å². The summed E-state index contributed by atoms with van der Waals surface area (Å²) in [7, 11) is 0. The Labute approximate surface area is 97.0 Å². The van der Waals surface area contributed by atoms with Crippen LogP contribution in [-0.2, 0) is 6.42 Å². The Morgan fingerprint density at radius 2 is 2.00 bits per heavy atom. The Morgan fingerprint density at radius 1 is 1.31 bits per heavy atom. The van der Waals surface area contributed by atoms with Crippen molar-refractivity contribution in [3.8, 4) is 0 Å². The third-order valence-corrected chi connectivity index (χ3v) is 3.92. The van der Waals surface area contributed by atoms with Crippen molar-refractivity contribution >= 4 is 31.9 Å². The van der Waals surface area contributed by atoms with Crippen LogP contribution < -0.4 is 0 Å². The van der Waals surface area contributed by atoms with E-state index < -0.39 is 0 Å². The van der Waals surface area contributed by atoms with E-state index >= 15 is 0 Å². The lowest BCUT2D eigenvalue weighted by Crippen LogP contribution is -2.10. The molecule has 1 aromatic rings. The van der Waals surface area contributed by atoms with Crippen molar-refractivity contribution in [1.29, 1.82) is 0 Å². The molecule has 0 aliphatic rings. The van der Waals surface area contributed by atoms with Gasteiger partial charge in [-0.15, -0.1) is 0 Å². The molecule has 0 saturated heterocycles. The molecule has 0 aliphatic carbocycles. The van der Waals surface area contributed by atoms with Gasteiger partial charge in [-0.25, -0.2) is 0 Å². The van der Waals surface area contributed by atoms with Gasteiger partial charge >= 0.3 is 0 Å². The summed E-state index contributed by atoms with van der Waals surface area (Å²) in [5.74, 6) is 0.680. The Morgan fingerprint density at radius 3 is 2.54 bits per heavy atom. The van der Waals surface area contributed by atoms with E-state index in [1.807, 2.05) is 0 Å². The lowest BCUT2D eigenvalue weighted by atomic mass is 10.0. The molecule has 13 heavy (non-hydrogen) atoms. The second-order valence-electron chi connectivity index (χ2n) is 3.59. The minimum Gasteiger partial charge on any atom is -0.0884 e. The van der Waals surface area contributed by atoms with Crippen LogP contribution >= 0.6 is 31.9 Å². The number of halogens is 2. The summed E-state index contributed by atoms with van der Waals surface area (Å²) in [5.41, 5.74) is 1.38. The molecule has 0 spiro atoms. The summed E-state index contributed by atoms with van der Waals surface area (Å²) >= 11 is 7.16. The van der Waals surface area contributed by atoms with E-state index in [4.69, 9.17) is 0 Å². The molecule has 0 N–H and O–H groups in total. The molecule has 1 aromatic carbocycles. The van der Waals surface area contributed by atoms with E-state index in [0.717, 1.165) is 10.9 Å². The van der Waals surface area contributed by atoms with Gasteiger partial charge in [0.25, 0.3) is 0 Å². The number of rotatable bonds is 3. The van der Waals surface area contributed by atoms with Gasteiger partial charge in [0, 0.05) is 9.30 Å². The highest BCUT2D eigenvalue weighted by Crippen LogP contribution is 2.19. The predicted octanol–water partition coefficient (Wildman–Crippen LogP) is 4.41. The standard InChI is InChI=1S/C11H14Br2/c1-8(2)11(13)7-9-4-3-5-10(12)6-9/h3-6,8,11H,7H2,1-2H3. The maximum Gasteiger partial charge on any atom is 0.0209 e. The average molecular weight is 306 g/mol. The van der Waals surface area contributed by atoms with Gasteiger partial charge in [-0.3, -0.25) is 0 Å². The highest BCUT2D eigenvalue weighted by molar-refractivity contribution is 9.10. The van der Waals surface area contributed by atoms with Crippen LogP contribution in [-0.4, -0.2) is 4.83 Å². The number of hydrogen-bond donors (Lipinski definition) is 0. The van der Waals surface area contributed by atoms with Gasteiger partial charge in [0.2, 0.25) is 0 Å².